The Hall–Kier alpha value is -1.31. The zero-order chi connectivity index (χ0) is 9.97. The van der Waals surface area contributed by atoms with Crippen LogP contribution >= 0.6 is 0 Å². The van der Waals surface area contributed by atoms with E-state index in [9.17, 15) is 4.79 Å². The van der Waals surface area contributed by atoms with Gasteiger partial charge in [-0.25, -0.2) is 0 Å². The predicted octanol–water partition coefficient (Wildman–Crippen LogP) is 2.64. The monoisotopic (exact) mass is 189 g/mol. The smallest absolute Gasteiger partial charge is 0.162 e. The Labute approximate surface area is 84.3 Å². The number of anilines is 1. The standard InChI is InChI=1S/C12H15NO/c1-2-12(14)10-5-6-11-9(8-10)4-3-7-13-11/h5-6,8,13H,2-4,7H2,1H3. The van der Waals surface area contributed by atoms with Gasteiger partial charge in [-0.1, -0.05) is 6.92 Å². The summed E-state index contributed by atoms with van der Waals surface area (Å²) in [5, 5.41) is 3.34. The van der Waals surface area contributed by atoms with Gasteiger partial charge in [0.1, 0.15) is 0 Å². The predicted molar refractivity (Wildman–Crippen MR) is 57.9 cm³/mol. The Bertz CT molecular complexity index is 357. The molecule has 2 rings (SSSR count). The second-order valence-corrected chi connectivity index (χ2v) is 3.68. The summed E-state index contributed by atoms with van der Waals surface area (Å²) in [6.07, 6.45) is 2.84. The van der Waals surface area contributed by atoms with Gasteiger partial charge < -0.3 is 5.32 Å². The molecule has 0 saturated carbocycles. The average Bonchev–Trinajstić information content (AvgIpc) is 2.27. The molecular formula is C12H15NO. The first-order chi connectivity index (χ1) is 6.81. The number of carbonyl (C=O) groups excluding carboxylic acids is 1. The molecule has 0 aromatic heterocycles. The zero-order valence-corrected chi connectivity index (χ0v) is 8.47. The van der Waals surface area contributed by atoms with Crippen molar-refractivity contribution in [3.63, 3.8) is 0 Å². The molecule has 0 radical (unpaired) electrons. The molecule has 0 saturated heterocycles. The summed E-state index contributed by atoms with van der Waals surface area (Å²) in [5.74, 6) is 0.235. The first kappa shape index (κ1) is 9.25. The zero-order valence-electron chi connectivity index (χ0n) is 8.47. The molecule has 14 heavy (non-hydrogen) atoms. The molecule has 0 amide bonds. The number of hydrogen-bond donors (Lipinski definition) is 1. The summed E-state index contributed by atoms with van der Waals surface area (Å²) in [6.45, 7) is 2.95. The second kappa shape index (κ2) is 3.82. The van der Waals surface area contributed by atoms with Gasteiger partial charge in [-0.15, -0.1) is 0 Å². The van der Waals surface area contributed by atoms with E-state index in [0.29, 0.717) is 6.42 Å². The van der Waals surface area contributed by atoms with Crippen LogP contribution in [-0.2, 0) is 6.42 Å². The lowest BCUT2D eigenvalue weighted by Gasteiger charge is -2.18. The number of ketones is 1. The number of hydrogen-bond acceptors (Lipinski definition) is 2. The molecule has 1 N–H and O–H groups in total. The minimum absolute atomic E-state index is 0.235. The van der Waals surface area contributed by atoms with Crippen LogP contribution in [0.2, 0.25) is 0 Å². The van der Waals surface area contributed by atoms with Crippen LogP contribution in [0.4, 0.5) is 5.69 Å². The first-order valence-corrected chi connectivity index (χ1v) is 5.21. The quantitative estimate of drug-likeness (QED) is 0.724. The Morgan fingerprint density at radius 3 is 3.14 bits per heavy atom. The maximum atomic E-state index is 11.5. The lowest BCUT2D eigenvalue weighted by atomic mass is 9.98. The number of aryl methyl sites for hydroxylation is 1. The van der Waals surface area contributed by atoms with Crippen LogP contribution in [0.25, 0.3) is 0 Å². The van der Waals surface area contributed by atoms with Crippen LogP contribution < -0.4 is 5.32 Å². The number of fused-ring (bicyclic) bond motifs is 1. The van der Waals surface area contributed by atoms with E-state index in [-0.39, 0.29) is 5.78 Å². The highest BCUT2D eigenvalue weighted by molar-refractivity contribution is 5.96. The lowest BCUT2D eigenvalue weighted by molar-refractivity contribution is 0.0988. The third kappa shape index (κ3) is 1.65. The normalized spacial score (nSPS) is 14.4. The SMILES string of the molecule is CCC(=O)c1ccc2c(c1)CCCN2. The molecule has 0 spiro atoms. The molecule has 74 valence electrons. The molecule has 0 unspecified atom stereocenters. The maximum absolute atomic E-state index is 11.5. The minimum atomic E-state index is 0.235. The van der Waals surface area contributed by atoms with Crippen LogP contribution in [-0.4, -0.2) is 12.3 Å². The number of carbonyl (C=O) groups is 1. The Morgan fingerprint density at radius 2 is 2.36 bits per heavy atom. The van der Waals surface area contributed by atoms with Crippen LogP contribution in [0, 0.1) is 0 Å². The summed E-state index contributed by atoms with van der Waals surface area (Å²) in [5.41, 5.74) is 3.34. The highest BCUT2D eigenvalue weighted by Gasteiger charge is 2.10. The first-order valence-electron chi connectivity index (χ1n) is 5.21. The van der Waals surface area contributed by atoms with Gasteiger partial charge in [-0.2, -0.15) is 0 Å². The maximum Gasteiger partial charge on any atom is 0.162 e. The Balaban J connectivity index is 2.33. The third-order valence-electron chi connectivity index (χ3n) is 2.69. The molecule has 1 aromatic carbocycles. The van der Waals surface area contributed by atoms with Gasteiger partial charge in [0.05, 0.1) is 0 Å². The molecular weight excluding hydrogens is 174 g/mol. The molecule has 2 nitrogen and oxygen atoms in total. The van der Waals surface area contributed by atoms with Crippen molar-refractivity contribution in [3.8, 4) is 0 Å². The highest BCUT2D eigenvalue weighted by Crippen LogP contribution is 2.23. The van der Waals surface area contributed by atoms with E-state index in [2.05, 4.69) is 5.32 Å². The van der Waals surface area contributed by atoms with Gasteiger partial charge in [0, 0.05) is 24.2 Å². The number of Topliss-reactive ketones (excluding diaryl/α,β-unsaturated/α-hetero) is 1. The van der Waals surface area contributed by atoms with Gasteiger partial charge in [0.15, 0.2) is 5.78 Å². The van der Waals surface area contributed by atoms with Crippen molar-refractivity contribution in [3.05, 3.63) is 29.3 Å². The molecule has 1 aromatic rings. The number of rotatable bonds is 2. The van der Waals surface area contributed by atoms with Crippen LogP contribution in [0.5, 0.6) is 0 Å². The second-order valence-electron chi connectivity index (χ2n) is 3.68. The molecule has 0 bridgehead atoms. The van der Waals surface area contributed by atoms with Crippen molar-refractivity contribution in [1.82, 2.24) is 0 Å². The average molecular weight is 189 g/mol. The van der Waals surface area contributed by atoms with E-state index in [1.165, 1.54) is 11.3 Å². The van der Waals surface area contributed by atoms with Gasteiger partial charge in [-0.05, 0) is 36.6 Å². The summed E-state index contributed by atoms with van der Waals surface area (Å²) in [6, 6.07) is 5.98. The molecule has 0 atom stereocenters. The van der Waals surface area contributed by atoms with Gasteiger partial charge in [0.2, 0.25) is 0 Å². The fraction of sp³-hybridized carbons (Fsp3) is 0.417. The van der Waals surface area contributed by atoms with E-state index in [1.807, 2.05) is 25.1 Å². The Kier molecular flexibility index (Phi) is 2.53. The van der Waals surface area contributed by atoms with E-state index >= 15 is 0 Å². The number of nitrogens with one attached hydrogen (secondary N) is 1. The van der Waals surface area contributed by atoms with Crippen LogP contribution in [0.1, 0.15) is 35.7 Å². The van der Waals surface area contributed by atoms with Gasteiger partial charge in [-0.3, -0.25) is 4.79 Å². The lowest BCUT2D eigenvalue weighted by Crippen LogP contribution is -2.12. The topological polar surface area (TPSA) is 29.1 Å². The van der Waals surface area contributed by atoms with E-state index < -0.39 is 0 Å². The van der Waals surface area contributed by atoms with Crippen molar-refractivity contribution in [2.75, 3.05) is 11.9 Å². The largest absolute Gasteiger partial charge is 0.385 e. The minimum Gasteiger partial charge on any atom is -0.385 e. The van der Waals surface area contributed by atoms with Gasteiger partial charge >= 0.3 is 0 Å². The molecule has 0 fully saturated rings. The molecule has 2 heteroatoms. The molecule has 1 aliphatic rings. The fourth-order valence-electron chi connectivity index (χ4n) is 1.85. The van der Waals surface area contributed by atoms with Gasteiger partial charge in [0.25, 0.3) is 0 Å². The van der Waals surface area contributed by atoms with Crippen molar-refractivity contribution in [1.29, 1.82) is 0 Å². The van der Waals surface area contributed by atoms with Crippen LogP contribution in [0.15, 0.2) is 18.2 Å². The molecule has 1 aliphatic heterocycles. The number of benzene rings is 1. The summed E-state index contributed by atoms with van der Waals surface area (Å²) in [7, 11) is 0. The summed E-state index contributed by atoms with van der Waals surface area (Å²) < 4.78 is 0. The summed E-state index contributed by atoms with van der Waals surface area (Å²) in [4.78, 5) is 11.5. The van der Waals surface area contributed by atoms with E-state index in [1.54, 1.807) is 0 Å². The third-order valence-corrected chi connectivity index (χ3v) is 2.69. The Morgan fingerprint density at radius 1 is 1.50 bits per heavy atom. The molecule has 1 heterocycles. The highest BCUT2D eigenvalue weighted by atomic mass is 16.1. The van der Waals surface area contributed by atoms with Crippen molar-refractivity contribution >= 4 is 11.5 Å². The molecule has 0 aliphatic carbocycles. The fourth-order valence-corrected chi connectivity index (χ4v) is 1.85. The van der Waals surface area contributed by atoms with Crippen molar-refractivity contribution in [2.45, 2.75) is 26.2 Å². The van der Waals surface area contributed by atoms with E-state index in [0.717, 1.165) is 24.9 Å². The van der Waals surface area contributed by atoms with Crippen LogP contribution in [0.3, 0.4) is 0 Å². The van der Waals surface area contributed by atoms with Crippen molar-refractivity contribution in [2.24, 2.45) is 0 Å². The van der Waals surface area contributed by atoms with E-state index in [4.69, 9.17) is 0 Å². The van der Waals surface area contributed by atoms with Crippen molar-refractivity contribution < 1.29 is 4.79 Å². The summed E-state index contributed by atoms with van der Waals surface area (Å²) >= 11 is 0.